The van der Waals surface area contributed by atoms with Gasteiger partial charge in [-0.15, -0.1) is 0 Å². The van der Waals surface area contributed by atoms with Crippen LogP contribution < -0.4 is 20.7 Å². The first-order valence-corrected chi connectivity index (χ1v) is 26.6. The van der Waals surface area contributed by atoms with Crippen LogP contribution in [0, 0.1) is 13.8 Å². The lowest BCUT2D eigenvalue weighted by molar-refractivity contribution is 0.293. The molecule has 336 valence electrons. The highest BCUT2D eigenvalue weighted by Crippen LogP contribution is 2.30. The summed E-state index contributed by atoms with van der Waals surface area (Å²) in [5.41, 5.74) is 7.50. The molecule has 0 saturated heterocycles. The molecule has 0 amide bonds. The highest BCUT2D eigenvalue weighted by atomic mass is 28.4. The second-order valence-corrected chi connectivity index (χ2v) is 20.6. The van der Waals surface area contributed by atoms with E-state index in [1.54, 1.807) is 24.5 Å². The van der Waals surface area contributed by atoms with Crippen LogP contribution in [0.3, 0.4) is 0 Å². The predicted molar refractivity (Wildman–Crippen MR) is 255 cm³/mol. The Kier molecular flexibility index (Phi) is 18.3. The Morgan fingerprint density at radius 2 is 0.952 bits per heavy atom. The third-order valence-electron chi connectivity index (χ3n) is 11.7. The van der Waals surface area contributed by atoms with Crippen LogP contribution in [-0.4, -0.2) is 51.3 Å². The Bertz CT molecular complexity index is 2350. The smallest absolute Gasteiger partial charge is 0.344 e. The number of ether oxygens (including phenoxy) is 2. The van der Waals surface area contributed by atoms with E-state index in [2.05, 4.69) is 23.8 Å². The minimum absolute atomic E-state index is 0.363. The van der Waals surface area contributed by atoms with E-state index < -0.39 is 18.6 Å². The molecule has 0 bridgehead atoms. The number of hydrogen-bond acceptors (Lipinski definition) is 11. The first kappa shape index (κ1) is 47.6. The summed E-state index contributed by atoms with van der Waals surface area (Å²) in [6.07, 6.45) is 17.1. The molecule has 0 aliphatic carbocycles. The average Bonchev–Trinajstić information content (AvgIpc) is 3.27. The van der Waals surface area contributed by atoms with Gasteiger partial charge in [-0.3, -0.25) is 0 Å². The van der Waals surface area contributed by atoms with Crippen molar-refractivity contribution < 1.29 is 32.0 Å². The molecule has 6 rings (SSSR count). The number of fused-ring (bicyclic) bond motifs is 2. The van der Waals surface area contributed by atoms with Gasteiger partial charge in [0.15, 0.2) is 0 Å². The second kappa shape index (κ2) is 24.2. The van der Waals surface area contributed by atoms with Gasteiger partial charge in [0.1, 0.15) is 11.2 Å². The lowest BCUT2D eigenvalue weighted by Gasteiger charge is -2.14. The van der Waals surface area contributed by atoms with Gasteiger partial charge in [0.25, 0.3) is 0 Å². The van der Waals surface area contributed by atoms with Crippen LogP contribution >= 0.6 is 0 Å². The standard InChI is InChI=1S/C50H64N2O9Si2/c1-5-37-23-19-21-35(3)47(37)41-29-39-33-51-45(31-43(39)59-49(41)53)57-25-15-11-7-9-13-17-27-62(55)61-63(56)28-18-14-10-8-12-16-26-58-46-32-44-40(34-52-46)30-42(50(54)60-44)48-36(4)22-20-24-38(48)6-2/h19-24,29-34,55-56,62-63H,5-18,25-28H2,1-4H3. The van der Waals surface area contributed by atoms with Gasteiger partial charge in [0, 0.05) is 35.3 Å². The van der Waals surface area contributed by atoms with E-state index in [1.165, 1.54) is 0 Å². The summed E-state index contributed by atoms with van der Waals surface area (Å²) in [6, 6.07) is 20.6. The number of pyridine rings is 2. The maximum absolute atomic E-state index is 13.0. The predicted octanol–water partition coefficient (Wildman–Crippen LogP) is 10.3. The highest BCUT2D eigenvalue weighted by molar-refractivity contribution is 6.57. The van der Waals surface area contributed by atoms with Gasteiger partial charge in [-0.1, -0.05) is 114 Å². The fourth-order valence-corrected chi connectivity index (χ4v) is 12.1. The van der Waals surface area contributed by atoms with Crippen LogP contribution in [0.4, 0.5) is 0 Å². The van der Waals surface area contributed by atoms with Crippen molar-refractivity contribution in [3.05, 3.63) is 116 Å². The molecular weight excluding hydrogens is 829 g/mol. The molecule has 4 aromatic heterocycles. The van der Waals surface area contributed by atoms with E-state index >= 15 is 0 Å². The Morgan fingerprint density at radius 3 is 1.37 bits per heavy atom. The average molecular weight is 893 g/mol. The molecule has 0 saturated carbocycles. The quantitative estimate of drug-likeness (QED) is 0.0395. The molecule has 0 aliphatic heterocycles. The van der Waals surface area contributed by atoms with E-state index in [1.807, 2.05) is 62.4 Å². The summed E-state index contributed by atoms with van der Waals surface area (Å²) in [4.78, 5) is 55.7. The number of benzene rings is 2. The molecular formula is C50H64N2O9Si2. The van der Waals surface area contributed by atoms with Crippen LogP contribution in [0.2, 0.25) is 12.1 Å². The molecule has 2 atom stereocenters. The maximum Gasteiger partial charge on any atom is 0.344 e. The molecule has 0 radical (unpaired) electrons. The summed E-state index contributed by atoms with van der Waals surface area (Å²) in [6.45, 7) is 9.25. The zero-order valence-corrected chi connectivity index (χ0v) is 39.8. The summed E-state index contributed by atoms with van der Waals surface area (Å²) in [5, 5.41) is 1.52. The lowest BCUT2D eigenvalue weighted by Crippen LogP contribution is -2.29. The zero-order valence-electron chi connectivity index (χ0n) is 37.5. The van der Waals surface area contributed by atoms with Gasteiger partial charge < -0.3 is 32.0 Å². The molecule has 13 heteroatoms. The van der Waals surface area contributed by atoms with Crippen LogP contribution in [-0.2, 0) is 17.0 Å². The second-order valence-electron chi connectivity index (χ2n) is 16.5. The van der Waals surface area contributed by atoms with Crippen molar-refractivity contribution >= 4 is 40.5 Å². The summed E-state index contributed by atoms with van der Waals surface area (Å²) >= 11 is 0. The van der Waals surface area contributed by atoms with Crippen molar-refractivity contribution in [3.63, 3.8) is 0 Å². The topological polar surface area (TPSA) is 154 Å². The largest absolute Gasteiger partial charge is 0.478 e. The van der Waals surface area contributed by atoms with Gasteiger partial charge >= 0.3 is 29.8 Å². The maximum atomic E-state index is 13.0. The summed E-state index contributed by atoms with van der Waals surface area (Å²) in [7, 11) is -4.67. The van der Waals surface area contributed by atoms with Gasteiger partial charge in [-0.05, 0) is 97.1 Å². The SMILES string of the molecule is CCc1cccc(C)c1-c1cc2cnc(OCCCCCCCC[SiH](O)O[SiH](O)CCCCCCCCOc3cc4oc(=O)c(-c5c(C)cccc5CC)cc4cn3)cc2oc1=O. The molecule has 2 unspecified atom stereocenters. The number of hydrogen-bond donors (Lipinski definition) is 2. The first-order chi connectivity index (χ1) is 30.6. The Labute approximate surface area is 374 Å². The number of rotatable bonds is 26. The number of unbranched alkanes of at least 4 members (excludes halogenated alkanes) is 10. The fraction of sp³-hybridized carbons (Fsp3) is 0.440. The lowest BCUT2D eigenvalue weighted by atomic mass is 9.94. The van der Waals surface area contributed by atoms with Gasteiger partial charge in [-0.2, -0.15) is 0 Å². The minimum Gasteiger partial charge on any atom is -0.478 e. The van der Waals surface area contributed by atoms with Crippen molar-refractivity contribution in [3.8, 4) is 34.0 Å². The van der Waals surface area contributed by atoms with E-state index in [0.717, 1.165) is 134 Å². The third-order valence-corrected chi connectivity index (χ3v) is 16.0. The molecule has 11 nitrogen and oxygen atoms in total. The molecule has 2 N–H and O–H groups in total. The van der Waals surface area contributed by atoms with Crippen LogP contribution in [0.25, 0.3) is 44.2 Å². The molecule has 4 heterocycles. The summed E-state index contributed by atoms with van der Waals surface area (Å²) < 4.78 is 28.9. The summed E-state index contributed by atoms with van der Waals surface area (Å²) in [5.74, 6) is 0.890. The highest BCUT2D eigenvalue weighted by Gasteiger charge is 2.18. The van der Waals surface area contributed by atoms with Crippen molar-refractivity contribution in [1.82, 2.24) is 9.97 Å². The van der Waals surface area contributed by atoms with Crippen LogP contribution in [0.1, 0.15) is 113 Å². The number of aryl methyl sites for hydroxylation is 4. The molecule has 0 aliphatic rings. The minimum atomic E-state index is -2.34. The first-order valence-electron chi connectivity index (χ1n) is 23.0. The number of aromatic nitrogens is 2. The van der Waals surface area contributed by atoms with Gasteiger partial charge in [0.05, 0.1) is 24.3 Å². The Morgan fingerprint density at radius 1 is 0.556 bits per heavy atom. The van der Waals surface area contributed by atoms with Gasteiger partial charge in [-0.25, -0.2) is 19.6 Å². The van der Waals surface area contributed by atoms with Gasteiger partial charge in [0.2, 0.25) is 11.8 Å². The Balaban J connectivity index is 0.761. The molecule has 2 aromatic carbocycles. The third kappa shape index (κ3) is 13.5. The molecule has 0 fully saturated rings. The van der Waals surface area contributed by atoms with Crippen LogP contribution in [0.5, 0.6) is 11.8 Å². The van der Waals surface area contributed by atoms with E-state index in [4.69, 9.17) is 22.4 Å². The Hall–Kier alpha value is -4.93. The number of nitrogens with zero attached hydrogens (tertiary/aromatic N) is 2. The van der Waals surface area contributed by atoms with Crippen molar-refractivity contribution in [1.29, 1.82) is 0 Å². The van der Waals surface area contributed by atoms with Crippen molar-refractivity contribution in [2.24, 2.45) is 0 Å². The fourth-order valence-electron chi connectivity index (χ4n) is 8.24. The van der Waals surface area contributed by atoms with E-state index in [0.29, 0.717) is 59.4 Å². The normalized spacial score (nSPS) is 12.5. The molecule has 6 aromatic rings. The molecule has 63 heavy (non-hydrogen) atoms. The van der Waals surface area contributed by atoms with Crippen molar-refractivity contribution in [2.45, 2.75) is 130 Å². The van der Waals surface area contributed by atoms with E-state index in [9.17, 15) is 19.2 Å². The monoisotopic (exact) mass is 892 g/mol. The van der Waals surface area contributed by atoms with Crippen LogP contribution in [0.15, 0.2) is 91.5 Å². The van der Waals surface area contributed by atoms with Crippen molar-refractivity contribution in [2.75, 3.05) is 13.2 Å². The van der Waals surface area contributed by atoms with E-state index in [-0.39, 0.29) is 11.3 Å². The molecule has 0 spiro atoms. The zero-order chi connectivity index (χ0) is 44.6.